The molecule has 2 saturated carbocycles. The molecule has 7 nitrogen and oxygen atoms in total. The van der Waals surface area contributed by atoms with Gasteiger partial charge in [-0.25, -0.2) is 0 Å². The monoisotopic (exact) mass is 418 g/mol. The molecule has 0 aromatic carbocycles. The Balaban J connectivity index is 1.95. The number of fused-ring (bicyclic) bond motifs is 4. The van der Waals surface area contributed by atoms with Gasteiger partial charge in [-0.15, -0.1) is 0 Å². The zero-order valence-electron chi connectivity index (χ0n) is 18.2. The van der Waals surface area contributed by atoms with Crippen LogP contribution in [0.4, 0.5) is 0 Å². The largest absolute Gasteiger partial charge is 0.469 e. The summed E-state index contributed by atoms with van der Waals surface area (Å²) in [6.07, 6.45) is 2.21. The van der Waals surface area contributed by atoms with Crippen molar-refractivity contribution in [3.05, 3.63) is 23.7 Å². The van der Waals surface area contributed by atoms with E-state index in [9.17, 15) is 19.5 Å². The molecule has 1 heterocycles. The summed E-state index contributed by atoms with van der Waals surface area (Å²) in [5, 5.41) is 12.1. The van der Waals surface area contributed by atoms with Gasteiger partial charge < -0.3 is 19.0 Å². The van der Waals surface area contributed by atoms with Crippen molar-refractivity contribution in [3.63, 3.8) is 0 Å². The molecule has 1 N–H and O–H groups in total. The molecule has 2 fully saturated rings. The van der Waals surface area contributed by atoms with Crippen LogP contribution in [0.5, 0.6) is 0 Å². The highest BCUT2D eigenvalue weighted by Crippen LogP contribution is 2.66. The average Bonchev–Trinajstić information content (AvgIpc) is 3.14. The molecule has 4 rings (SSSR count). The van der Waals surface area contributed by atoms with E-state index in [1.54, 1.807) is 6.07 Å². The predicted molar refractivity (Wildman–Crippen MR) is 105 cm³/mol. The summed E-state index contributed by atoms with van der Waals surface area (Å²) in [6.45, 7) is 7.06. The van der Waals surface area contributed by atoms with E-state index in [4.69, 9.17) is 13.9 Å². The molecule has 30 heavy (non-hydrogen) atoms. The number of ether oxygens (including phenoxy) is 2. The summed E-state index contributed by atoms with van der Waals surface area (Å²) < 4.78 is 16.5. The van der Waals surface area contributed by atoms with Gasteiger partial charge in [-0.1, -0.05) is 13.8 Å². The highest BCUT2D eigenvalue weighted by atomic mass is 16.5. The smallest absolute Gasteiger partial charge is 0.313 e. The quantitative estimate of drug-likeness (QED) is 0.737. The third-order valence-electron chi connectivity index (χ3n) is 8.34. The highest BCUT2D eigenvalue weighted by molar-refractivity contribution is 5.89. The first-order valence-corrected chi connectivity index (χ1v) is 10.5. The molecule has 6 atom stereocenters. The van der Waals surface area contributed by atoms with Crippen LogP contribution in [0.3, 0.4) is 0 Å². The zero-order chi connectivity index (χ0) is 22.1. The van der Waals surface area contributed by atoms with Crippen LogP contribution in [-0.4, -0.2) is 41.6 Å². The normalized spacial score (nSPS) is 39.3. The van der Waals surface area contributed by atoms with Crippen LogP contribution in [-0.2, 0) is 30.3 Å². The van der Waals surface area contributed by atoms with Crippen LogP contribution in [0.1, 0.15) is 64.2 Å². The van der Waals surface area contributed by atoms with Gasteiger partial charge in [-0.3, -0.25) is 14.4 Å². The van der Waals surface area contributed by atoms with Gasteiger partial charge in [-0.2, -0.15) is 0 Å². The van der Waals surface area contributed by atoms with Gasteiger partial charge in [0.05, 0.1) is 30.3 Å². The van der Waals surface area contributed by atoms with Crippen LogP contribution >= 0.6 is 0 Å². The van der Waals surface area contributed by atoms with Crippen LogP contribution in [0, 0.1) is 22.7 Å². The number of aliphatic hydroxyl groups is 1. The molecular formula is C23H30O7. The van der Waals surface area contributed by atoms with Gasteiger partial charge in [0, 0.05) is 37.7 Å². The first-order valence-electron chi connectivity index (χ1n) is 10.5. The van der Waals surface area contributed by atoms with Crippen LogP contribution < -0.4 is 0 Å². The van der Waals surface area contributed by atoms with Gasteiger partial charge in [0.1, 0.15) is 17.6 Å². The van der Waals surface area contributed by atoms with E-state index in [2.05, 4.69) is 0 Å². The van der Waals surface area contributed by atoms with E-state index in [1.807, 2.05) is 20.8 Å². The van der Waals surface area contributed by atoms with Crippen LogP contribution in [0.15, 0.2) is 16.7 Å². The van der Waals surface area contributed by atoms with Crippen LogP contribution in [0.25, 0.3) is 0 Å². The number of methoxy groups -OCH3 is 1. The van der Waals surface area contributed by atoms with E-state index in [1.165, 1.54) is 20.3 Å². The Bertz CT molecular complexity index is 899. The molecule has 0 saturated heterocycles. The molecule has 1 aromatic rings. The summed E-state index contributed by atoms with van der Waals surface area (Å²) in [5.41, 5.74) is -2.35. The Morgan fingerprint density at radius 2 is 1.97 bits per heavy atom. The second kappa shape index (κ2) is 6.67. The molecular weight excluding hydrogens is 388 g/mol. The molecule has 1 aromatic heterocycles. The highest BCUT2D eigenvalue weighted by Gasteiger charge is 2.72. The minimum absolute atomic E-state index is 0.0146. The van der Waals surface area contributed by atoms with Crippen molar-refractivity contribution < 1.29 is 33.4 Å². The van der Waals surface area contributed by atoms with E-state index in [0.717, 1.165) is 0 Å². The molecule has 0 spiro atoms. The zero-order valence-corrected chi connectivity index (χ0v) is 18.2. The molecule has 7 heteroatoms. The number of rotatable bonds is 2. The van der Waals surface area contributed by atoms with E-state index >= 15 is 0 Å². The average molecular weight is 418 g/mol. The third-order valence-corrected chi connectivity index (χ3v) is 8.34. The van der Waals surface area contributed by atoms with Gasteiger partial charge >= 0.3 is 11.9 Å². The fourth-order valence-corrected chi connectivity index (χ4v) is 6.63. The van der Waals surface area contributed by atoms with Gasteiger partial charge in [-0.05, 0) is 30.7 Å². The van der Waals surface area contributed by atoms with Crippen molar-refractivity contribution in [2.45, 2.75) is 71.0 Å². The number of ketones is 1. The first kappa shape index (κ1) is 21.1. The summed E-state index contributed by atoms with van der Waals surface area (Å²) in [4.78, 5) is 38.3. The van der Waals surface area contributed by atoms with Crippen molar-refractivity contribution in [2.24, 2.45) is 22.7 Å². The summed E-state index contributed by atoms with van der Waals surface area (Å²) in [6, 6.07) is 1.74. The summed E-state index contributed by atoms with van der Waals surface area (Å²) in [5.74, 6) is -1.99. The Kier molecular flexibility index (Phi) is 4.69. The van der Waals surface area contributed by atoms with Crippen molar-refractivity contribution >= 4 is 17.7 Å². The minimum atomic E-state index is -1.39. The van der Waals surface area contributed by atoms with Gasteiger partial charge in [0.25, 0.3) is 0 Å². The first-order chi connectivity index (χ1) is 14.0. The Labute approximate surface area is 176 Å². The Morgan fingerprint density at radius 3 is 2.60 bits per heavy atom. The lowest BCUT2D eigenvalue weighted by Gasteiger charge is -2.65. The van der Waals surface area contributed by atoms with E-state index in [0.29, 0.717) is 30.6 Å². The van der Waals surface area contributed by atoms with Gasteiger partial charge in [0.15, 0.2) is 0 Å². The number of hydrogen-bond acceptors (Lipinski definition) is 7. The number of carbonyl (C=O) groups excluding carboxylic acids is 3. The molecule has 0 radical (unpaired) electrons. The maximum absolute atomic E-state index is 13.4. The number of esters is 2. The maximum atomic E-state index is 13.4. The standard InChI is InChI=1S/C23H30O7/c1-12(24)30-16-11-23(27)21(2,3)8-6-17(25)22(23,4)14-10-15-13(7-9-29-15)18(19(14)16)20(26)28-5/h7,9,14,16,18-19,27H,6,8,10-11H2,1-5H3/t14?,16-,18+,19?,22-,23+/m0/s1. The molecule has 2 unspecified atom stereocenters. The maximum Gasteiger partial charge on any atom is 0.313 e. The number of hydrogen-bond donors (Lipinski definition) is 1. The fourth-order valence-electron chi connectivity index (χ4n) is 6.63. The number of carbonyl (C=O) groups is 3. The second-order valence-corrected chi connectivity index (χ2v) is 9.91. The lowest BCUT2D eigenvalue weighted by molar-refractivity contribution is -0.254. The van der Waals surface area contributed by atoms with E-state index in [-0.39, 0.29) is 12.2 Å². The topological polar surface area (TPSA) is 103 Å². The lowest BCUT2D eigenvalue weighted by Crippen LogP contribution is -2.73. The van der Waals surface area contributed by atoms with Crippen LogP contribution in [0.2, 0.25) is 0 Å². The van der Waals surface area contributed by atoms with E-state index < -0.39 is 52.2 Å². The lowest BCUT2D eigenvalue weighted by atomic mass is 9.40. The Morgan fingerprint density at radius 1 is 1.27 bits per heavy atom. The van der Waals surface area contributed by atoms with Gasteiger partial charge in [0.2, 0.25) is 0 Å². The fraction of sp³-hybridized carbons (Fsp3) is 0.696. The molecule has 164 valence electrons. The summed E-state index contributed by atoms with van der Waals surface area (Å²) >= 11 is 0. The number of furan rings is 1. The third kappa shape index (κ3) is 2.57. The molecule has 3 aliphatic carbocycles. The predicted octanol–water partition coefficient (Wildman–Crippen LogP) is 2.79. The molecule has 0 amide bonds. The van der Waals surface area contributed by atoms with Crippen molar-refractivity contribution in [1.29, 1.82) is 0 Å². The Hall–Kier alpha value is -2.15. The molecule has 0 aliphatic heterocycles. The molecule has 0 bridgehead atoms. The number of Topliss-reactive ketones (excluding diaryl/α,β-unsaturated/α-hetero) is 1. The molecule has 3 aliphatic rings. The second-order valence-electron chi connectivity index (χ2n) is 9.91. The summed E-state index contributed by atoms with van der Waals surface area (Å²) in [7, 11) is 1.32. The SMILES string of the molecule is COC(=O)[C@@H]1c2ccoc2CC2C1[C@@H](OC(C)=O)C[C@@]1(O)C(C)(C)CCC(=O)[C@]21C. The van der Waals surface area contributed by atoms with Crippen molar-refractivity contribution in [1.82, 2.24) is 0 Å². The van der Waals surface area contributed by atoms with Crippen molar-refractivity contribution in [3.8, 4) is 0 Å². The minimum Gasteiger partial charge on any atom is -0.469 e. The van der Waals surface area contributed by atoms with Crippen molar-refractivity contribution in [2.75, 3.05) is 7.11 Å².